The number of likely N-dealkylation sites (tertiary alicyclic amines) is 1. The lowest BCUT2D eigenvalue weighted by atomic mass is 10.1. The number of ether oxygens (including phenoxy) is 2. The standard InChI is InChI=1S/C22H22BrN3O3/c23-16-5-9-21(24-13-16)26-17(15-4-8-19-20(12-15)29-14-28-19)6-7-18(26)22(27)25-10-2-1-3-11-25/h4-9,12-13,17-18H,1-3,10-11,14H2/t17-,18-/m1/s1. The molecule has 7 heteroatoms. The van der Waals surface area contributed by atoms with Crippen LogP contribution in [0.4, 0.5) is 5.82 Å². The van der Waals surface area contributed by atoms with Crippen LogP contribution in [-0.2, 0) is 4.79 Å². The number of rotatable bonds is 3. The highest BCUT2D eigenvalue weighted by Gasteiger charge is 2.38. The SMILES string of the molecule is O=C([C@H]1C=C[C@H](c2ccc3c(c2)OCO3)N1c1ccc(Br)cn1)N1CCCCC1. The summed E-state index contributed by atoms with van der Waals surface area (Å²) in [5.41, 5.74) is 1.05. The molecule has 3 aliphatic rings. The Labute approximate surface area is 178 Å². The highest BCUT2D eigenvalue weighted by atomic mass is 79.9. The molecule has 1 amide bonds. The summed E-state index contributed by atoms with van der Waals surface area (Å²) in [5, 5.41) is 0. The van der Waals surface area contributed by atoms with Crippen molar-refractivity contribution in [1.82, 2.24) is 9.88 Å². The van der Waals surface area contributed by atoms with E-state index < -0.39 is 0 Å². The van der Waals surface area contributed by atoms with E-state index in [4.69, 9.17) is 9.47 Å². The summed E-state index contributed by atoms with van der Waals surface area (Å²) in [5.74, 6) is 2.42. The van der Waals surface area contributed by atoms with E-state index >= 15 is 0 Å². The predicted octanol–water partition coefficient (Wildman–Crippen LogP) is 4.07. The van der Waals surface area contributed by atoms with Crippen LogP contribution in [0, 0.1) is 0 Å². The molecule has 1 aromatic carbocycles. The van der Waals surface area contributed by atoms with Crippen LogP contribution in [0.5, 0.6) is 11.5 Å². The second-order valence-electron chi connectivity index (χ2n) is 7.52. The number of fused-ring (bicyclic) bond motifs is 1. The van der Waals surface area contributed by atoms with E-state index in [-0.39, 0.29) is 24.8 Å². The first-order chi connectivity index (χ1) is 14.2. The van der Waals surface area contributed by atoms with Crippen molar-refractivity contribution < 1.29 is 14.3 Å². The second-order valence-corrected chi connectivity index (χ2v) is 8.43. The number of carbonyl (C=O) groups excluding carboxylic acids is 1. The van der Waals surface area contributed by atoms with E-state index in [0.29, 0.717) is 0 Å². The third-order valence-corrected chi connectivity index (χ3v) is 6.18. The topological polar surface area (TPSA) is 54.9 Å². The number of hydrogen-bond donors (Lipinski definition) is 0. The molecule has 3 aliphatic heterocycles. The molecule has 0 bridgehead atoms. The molecule has 150 valence electrons. The minimum Gasteiger partial charge on any atom is -0.454 e. The molecule has 5 rings (SSSR count). The molecule has 1 saturated heterocycles. The van der Waals surface area contributed by atoms with Gasteiger partial charge in [0.15, 0.2) is 11.5 Å². The smallest absolute Gasteiger partial charge is 0.249 e. The normalized spacial score (nSPS) is 22.9. The van der Waals surface area contributed by atoms with Crippen LogP contribution in [0.2, 0.25) is 0 Å². The van der Waals surface area contributed by atoms with Gasteiger partial charge in [0.1, 0.15) is 11.9 Å². The fourth-order valence-electron chi connectivity index (χ4n) is 4.25. The van der Waals surface area contributed by atoms with Crippen molar-refractivity contribution in [3.8, 4) is 11.5 Å². The average Bonchev–Trinajstić information content (AvgIpc) is 3.41. The van der Waals surface area contributed by atoms with Crippen molar-refractivity contribution in [3.05, 3.63) is 58.7 Å². The Kier molecular flexibility index (Phi) is 4.91. The quantitative estimate of drug-likeness (QED) is 0.652. The van der Waals surface area contributed by atoms with Crippen molar-refractivity contribution in [3.63, 3.8) is 0 Å². The summed E-state index contributed by atoms with van der Waals surface area (Å²) in [6.07, 6.45) is 9.22. The number of anilines is 1. The molecule has 2 aromatic rings. The van der Waals surface area contributed by atoms with Gasteiger partial charge < -0.3 is 19.3 Å². The maximum atomic E-state index is 13.4. The van der Waals surface area contributed by atoms with Crippen molar-refractivity contribution in [2.24, 2.45) is 0 Å². The van der Waals surface area contributed by atoms with Gasteiger partial charge in [0.05, 0.1) is 6.04 Å². The van der Waals surface area contributed by atoms with E-state index in [0.717, 1.165) is 53.3 Å². The monoisotopic (exact) mass is 455 g/mol. The zero-order chi connectivity index (χ0) is 19.8. The fraction of sp³-hybridized carbons (Fsp3) is 0.364. The lowest BCUT2D eigenvalue weighted by Gasteiger charge is -2.35. The summed E-state index contributed by atoms with van der Waals surface area (Å²) >= 11 is 3.45. The Balaban J connectivity index is 1.50. The Morgan fingerprint density at radius 1 is 1.03 bits per heavy atom. The van der Waals surface area contributed by atoms with Gasteiger partial charge in [-0.2, -0.15) is 0 Å². The summed E-state index contributed by atoms with van der Waals surface area (Å²) < 4.78 is 11.9. The van der Waals surface area contributed by atoms with E-state index in [9.17, 15) is 4.79 Å². The molecule has 0 saturated carbocycles. The zero-order valence-corrected chi connectivity index (χ0v) is 17.5. The van der Waals surface area contributed by atoms with Gasteiger partial charge in [0.2, 0.25) is 12.7 Å². The van der Waals surface area contributed by atoms with Crippen molar-refractivity contribution >= 4 is 27.7 Å². The Morgan fingerprint density at radius 3 is 2.66 bits per heavy atom. The molecule has 29 heavy (non-hydrogen) atoms. The number of aromatic nitrogens is 1. The molecule has 1 aromatic heterocycles. The number of halogens is 1. The summed E-state index contributed by atoms with van der Waals surface area (Å²) in [7, 11) is 0. The molecule has 1 fully saturated rings. The van der Waals surface area contributed by atoms with Crippen LogP contribution in [0.1, 0.15) is 30.9 Å². The fourth-order valence-corrected chi connectivity index (χ4v) is 4.48. The minimum atomic E-state index is -0.364. The van der Waals surface area contributed by atoms with Gasteiger partial charge >= 0.3 is 0 Å². The number of piperidine rings is 1. The third-order valence-electron chi connectivity index (χ3n) is 5.71. The Hall–Kier alpha value is -2.54. The molecule has 6 nitrogen and oxygen atoms in total. The molecule has 0 unspecified atom stereocenters. The first-order valence-electron chi connectivity index (χ1n) is 9.97. The van der Waals surface area contributed by atoms with Gasteiger partial charge in [-0.3, -0.25) is 4.79 Å². The van der Waals surface area contributed by atoms with Crippen LogP contribution >= 0.6 is 15.9 Å². The van der Waals surface area contributed by atoms with Crippen LogP contribution in [0.15, 0.2) is 53.2 Å². The van der Waals surface area contributed by atoms with E-state index in [1.807, 2.05) is 41.3 Å². The first-order valence-corrected chi connectivity index (χ1v) is 10.8. The Bertz CT molecular complexity index is 941. The van der Waals surface area contributed by atoms with E-state index in [1.165, 1.54) is 6.42 Å². The number of amides is 1. The lowest BCUT2D eigenvalue weighted by molar-refractivity contribution is -0.132. The lowest BCUT2D eigenvalue weighted by Crippen LogP contribution is -2.48. The number of hydrogen-bond acceptors (Lipinski definition) is 5. The molecular weight excluding hydrogens is 434 g/mol. The van der Waals surface area contributed by atoms with Gasteiger partial charge in [-0.05, 0) is 65.0 Å². The predicted molar refractivity (Wildman–Crippen MR) is 113 cm³/mol. The van der Waals surface area contributed by atoms with Crippen molar-refractivity contribution in [1.29, 1.82) is 0 Å². The summed E-state index contributed by atoms with van der Waals surface area (Å²) in [6, 6.07) is 9.40. The summed E-state index contributed by atoms with van der Waals surface area (Å²) in [4.78, 5) is 22.1. The van der Waals surface area contributed by atoms with Crippen LogP contribution in [0.3, 0.4) is 0 Å². The second kappa shape index (κ2) is 7.71. The van der Waals surface area contributed by atoms with Crippen LogP contribution in [0.25, 0.3) is 0 Å². The number of carbonyl (C=O) groups is 1. The molecular formula is C22H22BrN3O3. The maximum Gasteiger partial charge on any atom is 0.249 e. The van der Waals surface area contributed by atoms with Crippen molar-refractivity contribution in [2.45, 2.75) is 31.3 Å². The zero-order valence-electron chi connectivity index (χ0n) is 16.0. The largest absolute Gasteiger partial charge is 0.454 e. The molecule has 0 aliphatic carbocycles. The van der Waals surface area contributed by atoms with Crippen LogP contribution in [-0.4, -0.2) is 41.7 Å². The van der Waals surface area contributed by atoms with E-state index in [1.54, 1.807) is 6.20 Å². The van der Waals surface area contributed by atoms with Crippen LogP contribution < -0.4 is 14.4 Å². The highest BCUT2D eigenvalue weighted by molar-refractivity contribution is 9.10. The van der Waals surface area contributed by atoms with Gasteiger partial charge in [0.25, 0.3) is 0 Å². The maximum absolute atomic E-state index is 13.4. The number of benzene rings is 1. The average molecular weight is 456 g/mol. The Morgan fingerprint density at radius 2 is 1.86 bits per heavy atom. The molecule has 4 heterocycles. The third kappa shape index (κ3) is 3.48. The first kappa shape index (κ1) is 18.5. The molecule has 2 atom stereocenters. The minimum absolute atomic E-state index is 0.100. The molecule has 0 spiro atoms. The van der Waals surface area contributed by atoms with E-state index in [2.05, 4.69) is 31.9 Å². The van der Waals surface area contributed by atoms with Gasteiger partial charge in [-0.1, -0.05) is 18.2 Å². The highest BCUT2D eigenvalue weighted by Crippen LogP contribution is 2.40. The molecule has 0 radical (unpaired) electrons. The van der Waals surface area contributed by atoms with Gasteiger partial charge in [-0.25, -0.2) is 4.98 Å². The van der Waals surface area contributed by atoms with Crippen molar-refractivity contribution in [2.75, 3.05) is 24.8 Å². The summed E-state index contributed by atoms with van der Waals surface area (Å²) in [6.45, 7) is 1.91. The van der Waals surface area contributed by atoms with Gasteiger partial charge in [-0.15, -0.1) is 0 Å². The van der Waals surface area contributed by atoms with Gasteiger partial charge in [0, 0.05) is 23.8 Å². The number of nitrogens with zero attached hydrogens (tertiary/aromatic N) is 3. The number of pyridine rings is 1. The molecule has 0 N–H and O–H groups in total.